The second-order valence-electron chi connectivity index (χ2n) is 7.63. The smallest absolute Gasteiger partial charge is 0.258 e. The highest BCUT2D eigenvalue weighted by molar-refractivity contribution is 5.76. The zero-order chi connectivity index (χ0) is 19.9. The normalized spacial score (nSPS) is 14.5. The van der Waals surface area contributed by atoms with Crippen molar-refractivity contribution in [3.63, 3.8) is 0 Å². The highest BCUT2D eigenvalue weighted by Crippen LogP contribution is 2.50. The summed E-state index contributed by atoms with van der Waals surface area (Å²) >= 11 is 0. The van der Waals surface area contributed by atoms with Gasteiger partial charge in [-0.25, -0.2) is 6.57 Å². The molecule has 0 unspecified atom stereocenters. The molecule has 4 nitrogen and oxygen atoms in total. The Hall–Kier alpha value is -3.06. The summed E-state index contributed by atoms with van der Waals surface area (Å²) in [6, 6.07) is 15.0. The average molecular weight is 371 g/mol. The fourth-order valence-electron chi connectivity index (χ4n) is 3.98. The Labute approximate surface area is 166 Å². The third kappa shape index (κ3) is 2.97. The summed E-state index contributed by atoms with van der Waals surface area (Å²) in [6.07, 6.45) is 1.96. The molecule has 2 aromatic carbocycles. The second kappa shape index (κ2) is 6.83. The van der Waals surface area contributed by atoms with E-state index in [1.54, 1.807) is 0 Å². The predicted molar refractivity (Wildman–Crippen MR) is 113 cm³/mol. The van der Waals surface area contributed by atoms with Gasteiger partial charge in [-0.2, -0.15) is 0 Å². The van der Waals surface area contributed by atoms with Crippen LogP contribution in [0.25, 0.3) is 16.0 Å². The van der Waals surface area contributed by atoms with Gasteiger partial charge in [0.2, 0.25) is 0 Å². The third-order valence-electron chi connectivity index (χ3n) is 5.79. The molecular formula is C24H25N3O. The minimum absolute atomic E-state index is 0.255. The highest BCUT2D eigenvalue weighted by Gasteiger charge is 2.52. The van der Waals surface area contributed by atoms with E-state index < -0.39 is 0 Å². The van der Waals surface area contributed by atoms with Crippen molar-refractivity contribution in [2.24, 2.45) is 0 Å². The van der Waals surface area contributed by atoms with Gasteiger partial charge < -0.3 is 14.3 Å². The molecule has 0 radical (unpaired) electrons. The van der Waals surface area contributed by atoms with Gasteiger partial charge in [-0.3, -0.25) is 0 Å². The zero-order valence-electron chi connectivity index (χ0n) is 16.9. The van der Waals surface area contributed by atoms with Crippen molar-refractivity contribution in [2.75, 3.05) is 11.4 Å². The number of rotatable bonds is 5. The summed E-state index contributed by atoms with van der Waals surface area (Å²) < 4.78 is 5.37. The van der Waals surface area contributed by atoms with Gasteiger partial charge in [0.25, 0.3) is 5.54 Å². The molecule has 1 aliphatic rings. The molecule has 0 atom stereocenters. The van der Waals surface area contributed by atoms with Crippen molar-refractivity contribution in [1.82, 2.24) is 5.16 Å². The summed E-state index contributed by atoms with van der Waals surface area (Å²) in [7, 11) is 0. The van der Waals surface area contributed by atoms with Crippen LogP contribution in [0.1, 0.15) is 42.3 Å². The Balaban J connectivity index is 1.72. The molecule has 1 fully saturated rings. The SMILES string of the molecule is [C-]#[N+]C1(c2ccc(N(CC)c3cc(-c4c(C)noc4C)ccc3C)cc2)CC1. The minimum atomic E-state index is -0.255. The average Bonchev–Trinajstić information content (AvgIpc) is 3.44. The van der Waals surface area contributed by atoms with Crippen LogP contribution in [0.2, 0.25) is 0 Å². The summed E-state index contributed by atoms with van der Waals surface area (Å²) in [4.78, 5) is 6.16. The van der Waals surface area contributed by atoms with Crippen molar-refractivity contribution in [3.8, 4) is 11.1 Å². The lowest BCUT2D eigenvalue weighted by molar-refractivity contribution is 0.393. The van der Waals surface area contributed by atoms with Gasteiger partial charge in [-0.05, 0) is 69.2 Å². The first-order valence-corrected chi connectivity index (χ1v) is 9.79. The minimum Gasteiger partial charge on any atom is -0.361 e. The first kappa shape index (κ1) is 18.3. The molecule has 1 aliphatic carbocycles. The van der Waals surface area contributed by atoms with Gasteiger partial charge in [-0.15, -0.1) is 0 Å². The lowest BCUT2D eigenvalue weighted by Crippen LogP contribution is -2.17. The number of nitrogens with zero attached hydrogens (tertiary/aromatic N) is 3. The second-order valence-corrected chi connectivity index (χ2v) is 7.63. The van der Waals surface area contributed by atoms with Gasteiger partial charge in [-0.1, -0.05) is 17.3 Å². The number of hydrogen-bond donors (Lipinski definition) is 0. The van der Waals surface area contributed by atoms with Crippen LogP contribution in [0.15, 0.2) is 47.0 Å². The molecule has 4 heteroatoms. The number of anilines is 2. The molecule has 3 aromatic rings. The summed E-state index contributed by atoms with van der Waals surface area (Å²) in [5.41, 5.74) is 7.54. The van der Waals surface area contributed by atoms with Crippen LogP contribution in [-0.4, -0.2) is 11.7 Å². The lowest BCUT2D eigenvalue weighted by atomic mass is 10.00. The fourth-order valence-corrected chi connectivity index (χ4v) is 3.98. The summed E-state index contributed by atoms with van der Waals surface area (Å²) in [5.74, 6) is 0.841. The van der Waals surface area contributed by atoms with E-state index in [0.717, 1.165) is 53.2 Å². The molecule has 0 N–H and O–H groups in total. The fraction of sp³-hybridized carbons (Fsp3) is 0.333. The van der Waals surface area contributed by atoms with Gasteiger partial charge in [0.05, 0.1) is 5.69 Å². The van der Waals surface area contributed by atoms with Crippen LogP contribution in [0, 0.1) is 27.3 Å². The first-order chi connectivity index (χ1) is 13.5. The molecular weight excluding hydrogens is 346 g/mol. The van der Waals surface area contributed by atoms with Gasteiger partial charge in [0.1, 0.15) is 5.76 Å². The Morgan fingerprint density at radius 1 is 1.11 bits per heavy atom. The number of benzene rings is 2. The van der Waals surface area contributed by atoms with Crippen molar-refractivity contribution in [3.05, 3.63) is 76.5 Å². The lowest BCUT2D eigenvalue weighted by Gasteiger charge is -2.26. The Morgan fingerprint density at radius 2 is 1.82 bits per heavy atom. The van der Waals surface area contributed by atoms with Crippen molar-refractivity contribution < 1.29 is 4.52 Å². The Morgan fingerprint density at radius 3 is 2.36 bits per heavy atom. The quantitative estimate of drug-likeness (QED) is 0.491. The van der Waals surface area contributed by atoms with Gasteiger partial charge >= 0.3 is 0 Å². The van der Waals surface area contributed by atoms with Crippen molar-refractivity contribution in [2.45, 2.75) is 46.1 Å². The summed E-state index contributed by atoms with van der Waals surface area (Å²) in [5, 5.41) is 4.10. The van der Waals surface area contributed by atoms with Crippen molar-refractivity contribution >= 4 is 11.4 Å². The largest absolute Gasteiger partial charge is 0.361 e. The van der Waals surface area contributed by atoms with Crippen LogP contribution >= 0.6 is 0 Å². The van der Waals surface area contributed by atoms with Gasteiger partial charge in [0, 0.05) is 41.9 Å². The maximum absolute atomic E-state index is 7.47. The topological polar surface area (TPSA) is 33.6 Å². The van der Waals surface area contributed by atoms with E-state index in [-0.39, 0.29) is 5.54 Å². The number of hydrogen-bond acceptors (Lipinski definition) is 3. The van der Waals surface area contributed by atoms with E-state index in [0.29, 0.717) is 0 Å². The van der Waals surface area contributed by atoms with E-state index in [9.17, 15) is 0 Å². The molecule has 0 bridgehead atoms. The highest BCUT2D eigenvalue weighted by atomic mass is 16.5. The molecule has 0 saturated heterocycles. The monoisotopic (exact) mass is 371 g/mol. The van der Waals surface area contributed by atoms with E-state index in [1.165, 1.54) is 11.3 Å². The first-order valence-electron chi connectivity index (χ1n) is 9.79. The standard InChI is InChI=1S/C24H25N3O/c1-6-27(21-11-9-20(10-12-21)24(25-5)13-14-24)22-15-19(8-7-16(22)2)23-17(3)26-28-18(23)4/h7-12,15H,6,13-14H2,1-4H3. The molecule has 28 heavy (non-hydrogen) atoms. The predicted octanol–water partition coefficient (Wildman–Crippen LogP) is 6.33. The van der Waals surface area contributed by atoms with Gasteiger partial charge in [0.15, 0.2) is 0 Å². The van der Waals surface area contributed by atoms with Crippen LogP contribution in [-0.2, 0) is 5.54 Å². The van der Waals surface area contributed by atoms with Crippen molar-refractivity contribution in [1.29, 1.82) is 0 Å². The Bertz CT molecular complexity index is 1030. The van der Waals surface area contributed by atoms with E-state index in [1.807, 2.05) is 13.8 Å². The van der Waals surface area contributed by atoms with E-state index >= 15 is 0 Å². The molecule has 1 saturated carbocycles. The molecule has 142 valence electrons. The molecule has 1 aromatic heterocycles. The van der Waals surface area contributed by atoms with Crippen LogP contribution in [0.4, 0.5) is 11.4 Å². The number of aryl methyl sites for hydroxylation is 3. The third-order valence-corrected chi connectivity index (χ3v) is 5.79. The van der Waals surface area contributed by atoms with E-state index in [2.05, 4.69) is 71.2 Å². The zero-order valence-corrected chi connectivity index (χ0v) is 16.9. The molecule has 4 rings (SSSR count). The number of aromatic nitrogens is 1. The van der Waals surface area contributed by atoms with Crippen LogP contribution in [0.5, 0.6) is 0 Å². The Kier molecular flexibility index (Phi) is 4.47. The van der Waals surface area contributed by atoms with E-state index in [4.69, 9.17) is 11.1 Å². The maximum atomic E-state index is 7.47. The molecule has 0 amide bonds. The van der Waals surface area contributed by atoms with Crippen LogP contribution < -0.4 is 4.90 Å². The molecule has 0 spiro atoms. The molecule has 1 heterocycles. The summed E-state index contributed by atoms with van der Waals surface area (Å²) in [6.45, 7) is 16.6. The van der Waals surface area contributed by atoms with Crippen LogP contribution in [0.3, 0.4) is 0 Å². The molecule has 0 aliphatic heterocycles. The maximum Gasteiger partial charge on any atom is 0.258 e.